The fraction of sp³-hybridized carbons (Fsp3) is 0.0667. The number of anilines is 2. The summed E-state index contributed by atoms with van der Waals surface area (Å²) in [6.45, 7) is 1.41. The monoisotopic (exact) mass is 270 g/mol. The van der Waals surface area contributed by atoms with Gasteiger partial charge >= 0.3 is 5.97 Å². The molecule has 4 N–H and O–H groups in total. The molecule has 0 aliphatic heterocycles. The number of ketones is 1. The highest BCUT2D eigenvalue weighted by Crippen LogP contribution is 2.21. The van der Waals surface area contributed by atoms with E-state index in [0.29, 0.717) is 16.9 Å². The average molecular weight is 270 g/mol. The van der Waals surface area contributed by atoms with Crippen LogP contribution >= 0.6 is 0 Å². The van der Waals surface area contributed by atoms with Gasteiger partial charge in [-0.1, -0.05) is 12.1 Å². The molecule has 2 rings (SSSR count). The van der Waals surface area contributed by atoms with E-state index in [4.69, 9.17) is 16.2 Å². The number of rotatable bonds is 3. The summed E-state index contributed by atoms with van der Waals surface area (Å²) in [7, 11) is 0. The van der Waals surface area contributed by atoms with E-state index >= 15 is 0 Å². The molecule has 20 heavy (non-hydrogen) atoms. The lowest BCUT2D eigenvalue weighted by atomic mass is 10.1. The first-order valence-electron chi connectivity index (χ1n) is 5.96. The van der Waals surface area contributed by atoms with Crippen LogP contribution in [0.4, 0.5) is 11.4 Å². The number of para-hydroxylation sites is 1. The Hall–Kier alpha value is -2.82. The zero-order valence-electron chi connectivity index (χ0n) is 10.9. The highest BCUT2D eigenvalue weighted by molar-refractivity contribution is 5.99. The molecule has 0 radical (unpaired) electrons. The smallest absolute Gasteiger partial charge is 0.343 e. The number of nitrogens with two attached hydrogens (primary N) is 2. The highest BCUT2D eigenvalue weighted by atomic mass is 16.5. The summed E-state index contributed by atoms with van der Waals surface area (Å²) in [6.07, 6.45) is 0. The Morgan fingerprint density at radius 1 is 1.00 bits per heavy atom. The average Bonchev–Trinajstić information content (AvgIpc) is 2.42. The Labute approximate surface area is 116 Å². The van der Waals surface area contributed by atoms with Gasteiger partial charge in [0, 0.05) is 0 Å². The van der Waals surface area contributed by atoms with Gasteiger partial charge in [-0.3, -0.25) is 4.79 Å². The van der Waals surface area contributed by atoms with E-state index in [9.17, 15) is 9.59 Å². The first kappa shape index (κ1) is 13.6. The summed E-state index contributed by atoms with van der Waals surface area (Å²) in [6, 6.07) is 11.0. The van der Waals surface area contributed by atoms with Gasteiger partial charge in [-0.25, -0.2) is 4.79 Å². The second-order valence-electron chi connectivity index (χ2n) is 4.29. The quantitative estimate of drug-likeness (QED) is 0.386. The molecule has 5 heteroatoms. The molecule has 0 aromatic heterocycles. The number of esters is 1. The van der Waals surface area contributed by atoms with Gasteiger partial charge in [-0.2, -0.15) is 0 Å². The molecule has 0 saturated heterocycles. The second kappa shape index (κ2) is 5.44. The summed E-state index contributed by atoms with van der Waals surface area (Å²) in [5.41, 5.74) is 12.5. The molecule has 0 atom stereocenters. The minimum absolute atomic E-state index is 0.176. The van der Waals surface area contributed by atoms with Gasteiger partial charge in [-0.15, -0.1) is 0 Å². The fourth-order valence-electron chi connectivity index (χ4n) is 1.71. The zero-order chi connectivity index (χ0) is 14.7. The summed E-state index contributed by atoms with van der Waals surface area (Å²) in [5.74, 6) is -0.545. The van der Waals surface area contributed by atoms with E-state index in [-0.39, 0.29) is 17.1 Å². The predicted octanol–water partition coefficient (Wildman–Crippen LogP) is 2.27. The van der Waals surface area contributed by atoms with Crippen LogP contribution in [0.25, 0.3) is 0 Å². The fourth-order valence-corrected chi connectivity index (χ4v) is 1.71. The van der Waals surface area contributed by atoms with Crippen molar-refractivity contribution in [3.05, 3.63) is 53.6 Å². The molecule has 0 unspecified atom stereocenters. The minimum atomic E-state index is -0.592. The van der Waals surface area contributed by atoms with Crippen LogP contribution in [-0.4, -0.2) is 11.8 Å². The number of hydrogen-bond acceptors (Lipinski definition) is 5. The molecular weight excluding hydrogens is 256 g/mol. The number of benzene rings is 2. The van der Waals surface area contributed by atoms with Gasteiger partial charge in [0.1, 0.15) is 5.75 Å². The van der Waals surface area contributed by atoms with E-state index in [1.807, 2.05) is 0 Å². The number of carbonyl (C=O) groups is 2. The van der Waals surface area contributed by atoms with Crippen LogP contribution < -0.4 is 16.2 Å². The number of Topliss-reactive ketones (excluding diaryl/α,β-unsaturated/α-hetero) is 1. The topological polar surface area (TPSA) is 95.4 Å². The van der Waals surface area contributed by atoms with Crippen LogP contribution in [0.1, 0.15) is 27.6 Å². The maximum absolute atomic E-state index is 12.0. The van der Waals surface area contributed by atoms with E-state index in [2.05, 4.69) is 0 Å². The van der Waals surface area contributed by atoms with E-state index in [1.165, 1.54) is 25.1 Å². The molecule has 0 spiro atoms. The van der Waals surface area contributed by atoms with Crippen LogP contribution in [0.3, 0.4) is 0 Å². The first-order chi connectivity index (χ1) is 9.49. The molecule has 0 saturated carbocycles. The molecule has 102 valence electrons. The molecule has 0 aliphatic rings. The van der Waals surface area contributed by atoms with Gasteiger partial charge in [-0.05, 0) is 37.3 Å². The van der Waals surface area contributed by atoms with Crippen LogP contribution in [-0.2, 0) is 0 Å². The Morgan fingerprint density at radius 2 is 1.70 bits per heavy atom. The summed E-state index contributed by atoms with van der Waals surface area (Å²) in [5, 5.41) is 0. The number of nitrogen functional groups attached to an aromatic ring is 2. The number of carbonyl (C=O) groups excluding carboxylic acids is 2. The van der Waals surface area contributed by atoms with Crippen LogP contribution in [0.15, 0.2) is 42.5 Å². The van der Waals surface area contributed by atoms with Crippen LogP contribution in [0.2, 0.25) is 0 Å². The third-order valence-electron chi connectivity index (χ3n) is 2.79. The van der Waals surface area contributed by atoms with Gasteiger partial charge in [0.15, 0.2) is 5.78 Å². The van der Waals surface area contributed by atoms with Crippen LogP contribution in [0, 0.1) is 0 Å². The molecule has 2 aromatic carbocycles. The lowest BCUT2D eigenvalue weighted by molar-refractivity contribution is 0.0733. The van der Waals surface area contributed by atoms with Crippen molar-refractivity contribution in [2.24, 2.45) is 0 Å². The van der Waals surface area contributed by atoms with E-state index < -0.39 is 5.97 Å². The largest absolute Gasteiger partial charge is 0.422 e. The van der Waals surface area contributed by atoms with E-state index in [0.717, 1.165) is 0 Å². The Kier molecular flexibility index (Phi) is 3.70. The van der Waals surface area contributed by atoms with Crippen molar-refractivity contribution in [1.29, 1.82) is 0 Å². The van der Waals surface area contributed by atoms with Crippen molar-refractivity contribution in [2.45, 2.75) is 6.92 Å². The lowest BCUT2D eigenvalue weighted by Gasteiger charge is -2.08. The van der Waals surface area contributed by atoms with Crippen LogP contribution in [0.5, 0.6) is 5.75 Å². The molecule has 0 amide bonds. The van der Waals surface area contributed by atoms with Crippen molar-refractivity contribution < 1.29 is 14.3 Å². The third-order valence-corrected chi connectivity index (χ3v) is 2.79. The van der Waals surface area contributed by atoms with Crippen molar-refractivity contribution in [3.63, 3.8) is 0 Å². The van der Waals surface area contributed by atoms with Crippen molar-refractivity contribution in [1.82, 2.24) is 0 Å². The zero-order valence-corrected chi connectivity index (χ0v) is 10.9. The van der Waals surface area contributed by atoms with Gasteiger partial charge < -0.3 is 16.2 Å². The third kappa shape index (κ3) is 2.77. The summed E-state index contributed by atoms with van der Waals surface area (Å²) >= 11 is 0. The molecule has 0 fully saturated rings. The Morgan fingerprint density at radius 3 is 2.35 bits per heavy atom. The molecule has 2 aromatic rings. The molecule has 0 bridgehead atoms. The second-order valence-corrected chi connectivity index (χ2v) is 4.29. The maximum atomic E-state index is 12.0. The number of hydrogen-bond donors (Lipinski definition) is 2. The molecule has 5 nitrogen and oxygen atoms in total. The predicted molar refractivity (Wildman–Crippen MR) is 76.7 cm³/mol. The van der Waals surface area contributed by atoms with Crippen molar-refractivity contribution in [3.8, 4) is 5.75 Å². The van der Waals surface area contributed by atoms with Gasteiger partial charge in [0.05, 0.1) is 22.5 Å². The van der Waals surface area contributed by atoms with E-state index in [1.54, 1.807) is 24.3 Å². The van der Waals surface area contributed by atoms with Gasteiger partial charge in [0.2, 0.25) is 0 Å². The highest BCUT2D eigenvalue weighted by Gasteiger charge is 2.14. The maximum Gasteiger partial charge on any atom is 0.343 e. The first-order valence-corrected chi connectivity index (χ1v) is 5.96. The van der Waals surface area contributed by atoms with Crippen molar-refractivity contribution >= 4 is 23.1 Å². The summed E-state index contributed by atoms with van der Waals surface area (Å²) < 4.78 is 5.23. The lowest BCUT2D eigenvalue weighted by Crippen LogP contribution is -2.11. The standard InChI is InChI=1S/C15H14N2O3/c1-9(18)11-4-2-3-5-14(11)20-15(19)10-6-7-12(16)13(17)8-10/h2-8H,16-17H2,1H3. The molecule has 0 aliphatic carbocycles. The normalized spacial score (nSPS) is 10.1. The summed E-state index contributed by atoms with van der Waals surface area (Å²) in [4.78, 5) is 23.5. The number of ether oxygens (including phenoxy) is 1. The Balaban J connectivity index is 2.28. The van der Waals surface area contributed by atoms with Crippen molar-refractivity contribution in [2.75, 3.05) is 11.5 Å². The minimum Gasteiger partial charge on any atom is -0.422 e. The SMILES string of the molecule is CC(=O)c1ccccc1OC(=O)c1ccc(N)c(N)c1. The van der Waals surface area contributed by atoms with Gasteiger partial charge in [0.25, 0.3) is 0 Å². The molecular formula is C15H14N2O3. The molecule has 0 heterocycles. The Bertz CT molecular complexity index is 681.